The molecule has 0 aromatic heterocycles. The zero-order valence-corrected chi connectivity index (χ0v) is 15.8. The maximum absolute atomic E-state index is 3.70. The normalized spacial score (nSPS) is 26.0. The Bertz CT molecular complexity index is 467. The van der Waals surface area contributed by atoms with Crippen LogP contribution in [0.15, 0.2) is 28.7 Å². The summed E-state index contributed by atoms with van der Waals surface area (Å²) in [6.45, 7) is 13.9. The SMILES string of the molecule is CC(C)CNCC1(c2cccc(Br)c2)CC(C(C)(C)C)C1. The lowest BCUT2D eigenvalue weighted by Gasteiger charge is -2.53. The molecule has 0 bridgehead atoms. The van der Waals surface area contributed by atoms with Crippen LogP contribution in [-0.4, -0.2) is 13.1 Å². The second kappa shape index (κ2) is 6.42. The molecule has 2 rings (SSSR count). The molecule has 0 amide bonds. The third-order valence-electron chi connectivity index (χ3n) is 4.95. The monoisotopic (exact) mass is 351 g/mol. The van der Waals surface area contributed by atoms with Crippen LogP contribution in [0.25, 0.3) is 0 Å². The highest BCUT2D eigenvalue weighted by atomic mass is 79.9. The van der Waals surface area contributed by atoms with E-state index in [-0.39, 0.29) is 0 Å². The van der Waals surface area contributed by atoms with Crippen molar-refractivity contribution in [3.63, 3.8) is 0 Å². The van der Waals surface area contributed by atoms with E-state index in [1.165, 1.54) is 22.9 Å². The quantitative estimate of drug-likeness (QED) is 0.749. The molecule has 0 atom stereocenters. The van der Waals surface area contributed by atoms with Gasteiger partial charge in [0, 0.05) is 16.4 Å². The molecule has 0 radical (unpaired) electrons. The number of nitrogens with one attached hydrogen (secondary N) is 1. The summed E-state index contributed by atoms with van der Waals surface area (Å²) in [7, 11) is 0. The topological polar surface area (TPSA) is 12.0 Å². The standard InChI is InChI=1S/C19H30BrN/c1-14(2)12-21-13-19(10-16(11-19)18(3,4)5)15-7-6-8-17(20)9-15/h6-9,14,16,21H,10-13H2,1-5H3. The number of halogens is 1. The number of hydrogen-bond acceptors (Lipinski definition) is 1. The predicted octanol–water partition coefficient (Wildman–Crippen LogP) is 5.39. The predicted molar refractivity (Wildman–Crippen MR) is 95.7 cm³/mol. The van der Waals surface area contributed by atoms with Gasteiger partial charge < -0.3 is 5.32 Å². The van der Waals surface area contributed by atoms with Crippen molar-refractivity contribution < 1.29 is 0 Å². The molecular weight excluding hydrogens is 322 g/mol. The summed E-state index contributed by atoms with van der Waals surface area (Å²) in [5.74, 6) is 1.54. The smallest absolute Gasteiger partial charge is 0.0178 e. The molecule has 0 saturated heterocycles. The minimum Gasteiger partial charge on any atom is -0.316 e. The molecule has 2 heteroatoms. The highest BCUT2D eigenvalue weighted by molar-refractivity contribution is 9.10. The highest BCUT2D eigenvalue weighted by Gasteiger charge is 2.49. The van der Waals surface area contributed by atoms with Gasteiger partial charge >= 0.3 is 0 Å². The minimum absolute atomic E-state index is 0.330. The van der Waals surface area contributed by atoms with Crippen LogP contribution < -0.4 is 5.32 Å². The molecule has 0 spiro atoms. The highest BCUT2D eigenvalue weighted by Crippen LogP contribution is 2.54. The van der Waals surface area contributed by atoms with Gasteiger partial charge in [-0.3, -0.25) is 0 Å². The molecular formula is C19H30BrN. The molecule has 0 unspecified atom stereocenters. The van der Waals surface area contributed by atoms with Crippen molar-refractivity contribution in [3.05, 3.63) is 34.3 Å². The Morgan fingerprint density at radius 3 is 2.48 bits per heavy atom. The Morgan fingerprint density at radius 1 is 1.29 bits per heavy atom. The van der Waals surface area contributed by atoms with Crippen LogP contribution in [0.5, 0.6) is 0 Å². The van der Waals surface area contributed by atoms with E-state index in [1.54, 1.807) is 0 Å². The van der Waals surface area contributed by atoms with Crippen molar-refractivity contribution in [1.29, 1.82) is 0 Å². The molecule has 0 heterocycles. The van der Waals surface area contributed by atoms with Gasteiger partial charge in [-0.05, 0) is 54.3 Å². The lowest BCUT2D eigenvalue weighted by atomic mass is 9.52. The molecule has 1 saturated carbocycles. The first-order chi connectivity index (χ1) is 9.73. The van der Waals surface area contributed by atoms with Gasteiger partial charge in [-0.15, -0.1) is 0 Å². The zero-order valence-electron chi connectivity index (χ0n) is 14.2. The van der Waals surface area contributed by atoms with E-state index in [0.717, 1.165) is 19.0 Å². The van der Waals surface area contributed by atoms with E-state index < -0.39 is 0 Å². The van der Waals surface area contributed by atoms with Gasteiger partial charge in [0.05, 0.1) is 0 Å². The van der Waals surface area contributed by atoms with Gasteiger partial charge in [0.15, 0.2) is 0 Å². The molecule has 1 aliphatic carbocycles. The van der Waals surface area contributed by atoms with Crippen LogP contribution >= 0.6 is 15.9 Å². The van der Waals surface area contributed by atoms with Crippen LogP contribution in [0.2, 0.25) is 0 Å². The van der Waals surface area contributed by atoms with Crippen LogP contribution in [0, 0.1) is 17.3 Å². The summed E-state index contributed by atoms with van der Waals surface area (Å²) < 4.78 is 1.20. The average molecular weight is 352 g/mol. The first-order valence-corrected chi connectivity index (χ1v) is 8.99. The number of benzene rings is 1. The summed E-state index contributed by atoms with van der Waals surface area (Å²) in [5, 5.41) is 3.70. The van der Waals surface area contributed by atoms with Crippen molar-refractivity contribution in [1.82, 2.24) is 5.32 Å². The summed E-state index contributed by atoms with van der Waals surface area (Å²) in [4.78, 5) is 0. The van der Waals surface area contributed by atoms with Crippen LogP contribution in [-0.2, 0) is 5.41 Å². The van der Waals surface area contributed by atoms with E-state index in [4.69, 9.17) is 0 Å². The average Bonchev–Trinajstić information content (AvgIpc) is 2.30. The fourth-order valence-electron chi connectivity index (χ4n) is 3.40. The van der Waals surface area contributed by atoms with Crippen LogP contribution in [0.4, 0.5) is 0 Å². The van der Waals surface area contributed by atoms with E-state index >= 15 is 0 Å². The van der Waals surface area contributed by atoms with E-state index in [1.807, 2.05) is 0 Å². The number of hydrogen-bond donors (Lipinski definition) is 1. The Balaban J connectivity index is 2.13. The van der Waals surface area contributed by atoms with Gasteiger partial charge in [0.25, 0.3) is 0 Å². The molecule has 118 valence electrons. The van der Waals surface area contributed by atoms with Crippen molar-refractivity contribution in [2.24, 2.45) is 17.3 Å². The van der Waals surface area contributed by atoms with E-state index in [2.05, 4.69) is 80.1 Å². The van der Waals surface area contributed by atoms with Gasteiger partial charge in [-0.1, -0.05) is 62.7 Å². The maximum Gasteiger partial charge on any atom is 0.0178 e. The van der Waals surface area contributed by atoms with Crippen molar-refractivity contribution in [2.75, 3.05) is 13.1 Å². The Morgan fingerprint density at radius 2 is 1.95 bits per heavy atom. The largest absolute Gasteiger partial charge is 0.316 e. The summed E-state index contributed by atoms with van der Waals surface area (Å²) in [6.07, 6.45) is 2.61. The molecule has 1 N–H and O–H groups in total. The summed E-state index contributed by atoms with van der Waals surface area (Å²) >= 11 is 3.63. The third-order valence-corrected chi connectivity index (χ3v) is 5.45. The second-order valence-electron chi connectivity index (χ2n) is 8.29. The molecule has 0 aliphatic heterocycles. The van der Waals surface area contributed by atoms with Crippen LogP contribution in [0.1, 0.15) is 53.0 Å². The minimum atomic E-state index is 0.330. The first kappa shape index (κ1) is 17.0. The van der Waals surface area contributed by atoms with E-state index in [9.17, 15) is 0 Å². The Labute approximate surface area is 139 Å². The lowest BCUT2D eigenvalue weighted by Crippen LogP contribution is -2.52. The van der Waals surface area contributed by atoms with Gasteiger partial charge in [0.1, 0.15) is 0 Å². The molecule has 21 heavy (non-hydrogen) atoms. The molecule has 1 nitrogen and oxygen atoms in total. The van der Waals surface area contributed by atoms with Crippen LogP contribution in [0.3, 0.4) is 0 Å². The molecule has 1 fully saturated rings. The second-order valence-corrected chi connectivity index (χ2v) is 9.20. The Hall–Kier alpha value is -0.340. The lowest BCUT2D eigenvalue weighted by molar-refractivity contribution is 0.0445. The fourth-order valence-corrected chi connectivity index (χ4v) is 3.80. The molecule has 1 aromatic rings. The van der Waals surface area contributed by atoms with Gasteiger partial charge in [-0.2, -0.15) is 0 Å². The summed E-state index contributed by atoms with van der Waals surface area (Å²) in [5.41, 5.74) is 2.25. The first-order valence-electron chi connectivity index (χ1n) is 8.20. The Kier molecular flexibility index (Phi) is 5.20. The fraction of sp³-hybridized carbons (Fsp3) is 0.684. The third kappa shape index (κ3) is 4.10. The molecule has 1 aromatic carbocycles. The van der Waals surface area contributed by atoms with Gasteiger partial charge in [-0.25, -0.2) is 0 Å². The van der Waals surface area contributed by atoms with E-state index in [0.29, 0.717) is 16.7 Å². The van der Waals surface area contributed by atoms with Crippen molar-refractivity contribution in [2.45, 2.75) is 52.9 Å². The number of rotatable bonds is 5. The van der Waals surface area contributed by atoms with Crippen molar-refractivity contribution in [3.8, 4) is 0 Å². The summed E-state index contributed by atoms with van der Waals surface area (Å²) in [6, 6.07) is 8.92. The zero-order chi connectivity index (χ0) is 15.7. The molecule has 1 aliphatic rings. The van der Waals surface area contributed by atoms with Crippen molar-refractivity contribution >= 4 is 15.9 Å². The maximum atomic E-state index is 3.70. The van der Waals surface area contributed by atoms with Gasteiger partial charge in [0.2, 0.25) is 0 Å².